The standard InChI is InChI=1S/C21H23ClN2O3/c1-15(16-7-9-18(22)10-8-16)24-14-13-21(27-20(24)26,12-11-19(23)25)17-5-3-2-4-6-17/h2-10,15H,11-14H2,1H3,(H2,23,25)/t15-,21+/m0/s1. The Morgan fingerprint density at radius 2 is 1.89 bits per heavy atom. The SMILES string of the molecule is C[C@@H](c1ccc(Cl)cc1)N1CC[C@](CCC(N)=O)(c2ccccc2)OC1=O. The first-order chi connectivity index (χ1) is 12.9. The number of hydrogen-bond acceptors (Lipinski definition) is 3. The molecule has 2 amide bonds. The highest BCUT2D eigenvalue weighted by Crippen LogP contribution is 2.40. The first kappa shape index (κ1) is 19.2. The average Bonchev–Trinajstić information content (AvgIpc) is 2.67. The molecule has 1 heterocycles. The second-order valence-corrected chi connectivity index (χ2v) is 7.30. The van der Waals surface area contributed by atoms with Crippen LogP contribution < -0.4 is 5.73 Å². The number of amides is 2. The number of nitrogens with two attached hydrogens (primary N) is 1. The van der Waals surface area contributed by atoms with Gasteiger partial charge in [0.05, 0.1) is 6.04 Å². The van der Waals surface area contributed by atoms with Crippen molar-refractivity contribution < 1.29 is 14.3 Å². The molecule has 0 saturated carbocycles. The highest BCUT2D eigenvalue weighted by molar-refractivity contribution is 6.30. The third kappa shape index (κ3) is 4.25. The number of nitrogens with zero attached hydrogens (tertiary/aromatic N) is 1. The van der Waals surface area contributed by atoms with Crippen LogP contribution in [0, 0.1) is 0 Å². The van der Waals surface area contributed by atoms with E-state index in [1.807, 2.05) is 61.5 Å². The lowest BCUT2D eigenvalue weighted by Crippen LogP contribution is -2.49. The van der Waals surface area contributed by atoms with Crippen LogP contribution in [0.3, 0.4) is 0 Å². The molecule has 1 aliphatic heterocycles. The predicted octanol–water partition coefficient (Wildman–Crippen LogP) is 4.40. The van der Waals surface area contributed by atoms with Crippen LogP contribution in [-0.4, -0.2) is 23.4 Å². The van der Waals surface area contributed by atoms with Crippen molar-refractivity contribution in [2.75, 3.05) is 6.54 Å². The topological polar surface area (TPSA) is 72.6 Å². The van der Waals surface area contributed by atoms with E-state index in [9.17, 15) is 9.59 Å². The Kier molecular flexibility index (Phi) is 5.71. The number of carbonyl (C=O) groups is 2. The quantitative estimate of drug-likeness (QED) is 0.799. The first-order valence-corrected chi connectivity index (χ1v) is 9.38. The van der Waals surface area contributed by atoms with Crippen molar-refractivity contribution in [3.63, 3.8) is 0 Å². The van der Waals surface area contributed by atoms with Crippen LogP contribution in [0.25, 0.3) is 0 Å². The minimum atomic E-state index is -0.830. The zero-order chi connectivity index (χ0) is 19.4. The van der Waals surface area contributed by atoms with Crippen molar-refractivity contribution in [3.05, 3.63) is 70.7 Å². The number of carbonyl (C=O) groups excluding carboxylic acids is 2. The molecule has 2 aromatic rings. The third-order valence-electron chi connectivity index (χ3n) is 5.17. The highest BCUT2D eigenvalue weighted by atomic mass is 35.5. The molecule has 2 N–H and O–H groups in total. The molecule has 5 nitrogen and oxygen atoms in total. The molecular weight excluding hydrogens is 364 g/mol. The van der Waals surface area contributed by atoms with Crippen molar-refractivity contribution in [1.82, 2.24) is 4.90 Å². The molecule has 2 atom stereocenters. The zero-order valence-electron chi connectivity index (χ0n) is 15.2. The van der Waals surface area contributed by atoms with Crippen molar-refractivity contribution in [1.29, 1.82) is 0 Å². The van der Waals surface area contributed by atoms with Gasteiger partial charge >= 0.3 is 6.09 Å². The second-order valence-electron chi connectivity index (χ2n) is 6.87. The van der Waals surface area contributed by atoms with E-state index in [1.54, 1.807) is 4.90 Å². The van der Waals surface area contributed by atoms with E-state index in [1.165, 1.54) is 0 Å². The van der Waals surface area contributed by atoms with E-state index in [-0.39, 0.29) is 12.5 Å². The summed E-state index contributed by atoms with van der Waals surface area (Å²) in [6, 6.07) is 16.9. The van der Waals surface area contributed by atoms with Gasteiger partial charge in [-0.15, -0.1) is 0 Å². The predicted molar refractivity (Wildman–Crippen MR) is 104 cm³/mol. The van der Waals surface area contributed by atoms with E-state index in [0.29, 0.717) is 24.4 Å². The van der Waals surface area contributed by atoms with Crippen molar-refractivity contribution in [3.8, 4) is 0 Å². The molecule has 6 heteroatoms. The lowest BCUT2D eigenvalue weighted by molar-refractivity contribution is -0.121. The minimum Gasteiger partial charge on any atom is -0.438 e. The summed E-state index contributed by atoms with van der Waals surface area (Å²) in [5.74, 6) is -0.404. The molecule has 27 heavy (non-hydrogen) atoms. The van der Waals surface area contributed by atoms with E-state index < -0.39 is 17.6 Å². The van der Waals surface area contributed by atoms with Gasteiger partial charge in [0.2, 0.25) is 5.91 Å². The molecular formula is C21H23ClN2O3. The molecule has 0 radical (unpaired) electrons. The number of primary amides is 1. The van der Waals surface area contributed by atoms with Gasteiger partial charge in [-0.2, -0.15) is 0 Å². The van der Waals surface area contributed by atoms with Crippen molar-refractivity contribution in [2.24, 2.45) is 5.73 Å². The van der Waals surface area contributed by atoms with Crippen LogP contribution in [0.1, 0.15) is 43.4 Å². The van der Waals surface area contributed by atoms with Gasteiger partial charge in [0.1, 0.15) is 5.60 Å². The maximum absolute atomic E-state index is 12.9. The maximum atomic E-state index is 12.9. The van der Waals surface area contributed by atoms with Crippen LogP contribution in [0.2, 0.25) is 5.02 Å². The fourth-order valence-electron chi connectivity index (χ4n) is 3.53. The third-order valence-corrected chi connectivity index (χ3v) is 5.42. The second kappa shape index (κ2) is 8.01. The van der Waals surface area contributed by atoms with Crippen molar-refractivity contribution >= 4 is 23.6 Å². The molecule has 1 aliphatic rings. The molecule has 0 unspecified atom stereocenters. The smallest absolute Gasteiger partial charge is 0.411 e. The van der Waals surface area contributed by atoms with Gasteiger partial charge in [-0.25, -0.2) is 4.79 Å². The van der Waals surface area contributed by atoms with E-state index in [4.69, 9.17) is 22.1 Å². The summed E-state index contributed by atoms with van der Waals surface area (Å²) in [5, 5.41) is 0.654. The van der Waals surface area contributed by atoms with Crippen molar-refractivity contribution in [2.45, 2.75) is 37.8 Å². The zero-order valence-corrected chi connectivity index (χ0v) is 16.0. The molecule has 0 spiro atoms. The Bertz CT molecular complexity index is 810. The number of ether oxygens (including phenoxy) is 1. The van der Waals surface area contributed by atoms with Crippen LogP contribution >= 0.6 is 11.6 Å². The van der Waals surface area contributed by atoms with Crippen LogP contribution in [0.15, 0.2) is 54.6 Å². The maximum Gasteiger partial charge on any atom is 0.411 e. The highest BCUT2D eigenvalue weighted by Gasteiger charge is 2.43. The number of cyclic esters (lactones) is 1. The average molecular weight is 387 g/mol. The summed E-state index contributed by atoms with van der Waals surface area (Å²) >= 11 is 5.95. The molecule has 1 saturated heterocycles. The minimum absolute atomic E-state index is 0.139. The van der Waals surface area contributed by atoms with Crippen LogP contribution in [0.5, 0.6) is 0 Å². The Morgan fingerprint density at radius 3 is 2.48 bits per heavy atom. The summed E-state index contributed by atoms with van der Waals surface area (Å²) in [6.45, 7) is 2.49. The number of hydrogen-bond donors (Lipinski definition) is 1. The van der Waals surface area contributed by atoms with Gasteiger partial charge in [-0.05, 0) is 30.2 Å². The summed E-state index contributed by atoms with van der Waals surface area (Å²) in [5.41, 5.74) is 6.39. The van der Waals surface area contributed by atoms with Gasteiger partial charge in [-0.3, -0.25) is 4.79 Å². The Hall–Kier alpha value is -2.53. The summed E-state index contributed by atoms with van der Waals surface area (Å²) in [7, 11) is 0. The molecule has 0 bridgehead atoms. The summed E-state index contributed by atoms with van der Waals surface area (Å²) in [4.78, 5) is 25.9. The molecule has 3 rings (SSSR count). The van der Waals surface area contributed by atoms with Gasteiger partial charge in [0, 0.05) is 30.8 Å². The molecule has 0 aliphatic carbocycles. The lowest BCUT2D eigenvalue weighted by Gasteiger charge is -2.43. The largest absolute Gasteiger partial charge is 0.438 e. The van der Waals surface area contributed by atoms with E-state index in [2.05, 4.69) is 0 Å². The number of halogens is 1. The Morgan fingerprint density at radius 1 is 1.22 bits per heavy atom. The lowest BCUT2D eigenvalue weighted by atomic mass is 9.84. The summed E-state index contributed by atoms with van der Waals surface area (Å²) in [6.07, 6.45) is 0.737. The monoisotopic (exact) mass is 386 g/mol. The first-order valence-electron chi connectivity index (χ1n) is 9.00. The number of benzene rings is 2. The van der Waals surface area contributed by atoms with E-state index in [0.717, 1.165) is 11.1 Å². The summed E-state index contributed by atoms with van der Waals surface area (Å²) < 4.78 is 5.94. The molecule has 2 aromatic carbocycles. The number of rotatable bonds is 6. The van der Waals surface area contributed by atoms with Gasteiger partial charge in [-0.1, -0.05) is 54.1 Å². The van der Waals surface area contributed by atoms with Crippen LogP contribution in [0.4, 0.5) is 4.79 Å². The van der Waals surface area contributed by atoms with Crippen LogP contribution in [-0.2, 0) is 15.1 Å². The Balaban J connectivity index is 1.82. The Labute approximate surface area is 164 Å². The van der Waals surface area contributed by atoms with Gasteiger partial charge in [0.25, 0.3) is 0 Å². The fourth-order valence-corrected chi connectivity index (χ4v) is 3.66. The van der Waals surface area contributed by atoms with E-state index >= 15 is 0 Å². The molecule has 1 fully saturated rings. The molecule has 142 valence electrons. The van der Waals surface area contributed by atoms with Gasteiger partial charge < -0.3 is 15.4 Å². The fraction of sp³-hybridized carbons (Fsp3) is 0.333. The normalized spacial score (nSPS) is 20.8. The molecule has 0 aromatic heterocycles. The van der Waals surface area contributed by atoms with Gasteiger partial charge in [0.15, 0.2) is 0 Å².